The number of aliphatic hydroxyl groups excluding tert-OH is 1. The predicted molar refractivity (Wildman–Crippen MR) is 46.0 cm³/mol. The summed E-state index contributed by atoms with van der Waals surface area (Å²) in [6, 6.07) is 0.178. The molecule has 0 amide bonds. The van der Waals surface area contributed by atoms with E-state index in [1.807, 2.05) is 13.8 Å². The summed E-state index contributed by atoms with van der Waals surface area (Å²) in [6.45, 7) is 3.85. The molecule has 4 nitrogen and oxygen atoms in total. The minimum Gasteiger partial charge on any atom is -0.481 e. The van der Waals surface area contributed by atoms with Crippen LogP contribution in [0.5, 0.6) is 0 Å². The Hall–Kier alpha value is -0.610. The van der Waals surface area contributed by atoms with Gasteiger partial charge >= 0.3 is 5.97 Å². The topological polar surface area (TPSA) is 69.6 Å². The summed E-state index contributed by atoms with van der Waals surface area (Å²) >= 11 is 0. The van der Waals surface area contributed by atoms with Crippen molar-refractivity contribution in [3.05, 3.63) is 0 Å². The highest BCUT2D eigenvalue weighted by molar-refractivity contribution is 5.66. The SMILES string of the molecule is CC(CO)NC(C)CCC(=O)O. The van der Waals surface area contributed by atoms with Crippen molar-refractivity contribution in [1.82, 2.24) is 5.32 Å². The Morgan fingerprint density at radius 3 is 2.42 bits per heavy atom. The minimum atomic E-state index is -0.777. The lowest BCUT2D eigenvalue weighted by atomic mass is 10.1. The summed E-state index contributed by atoms with van der Waals surface area (Å²) in [4.78, 5) is 10.2. The molecule has 0 aliphatic heterocycles. The molecule has 72 valence electrons. The third-order valence-electron chi connectivity index (χ3n) is 1.63. The average Bonchev–Trinajstić information content (AvgIpc) is 2.00. The van der Waals surface area contributed by atoms with Gasteiger partial charge in [-0.1, -0.05) is 0 Å². The molecule has 0 fully saturated rings. The highest BCUT2D eigenvalue weighted by atomic mass is 16.4. The smallest absolute Gasteiger partial charge is 0.303 e. The monoisotopic (exact) mass is 175 g/mol. The van der Waals surface area contributed by atoms with Crippen LogP contribution in [0.1, 0.15) is 26.7 Å². The standard InChI is InChI=1S/C8H17NO3/c1-6(3-4-8(11)12)9-7(2)5-10/h6-7,9-10H,3-5H2,1-2H3,(H,11,12). The van der Waals surface area contributed by atoms with Crippen LogP contribution in [0.25, 0.3) is 0 Å². The fourth-order valence-corrected chi connectivity index (χ4v) is 0.962. The first-order chi connectivity index (χ1) is 5.56. The van der Waals surface area contributed by atoms with Gasteiger partial charge in [-0.25, -0.2) is 0 Å². The number of hydrogen-bond acceptors (Lipinski definition) is 3. The number of carbonyl (C=O) groups is 1. The van der Waals surface area contributed by atoms with Crippen LogP contribution in [0, 0.1) is 0 Å². The number of nitrogens with one attached hydrogen (secondary N) is 1. The van der Waals surface area contributed by atoms with E-state index in [2.05, 4.69) is 5.32 Å². The third kappa shape index (κ3) is 6.12. The summed E-state index contributed by atoms with van der Waals surface area (Å²) in [7, 11) is 0. The van der Waals surface area contributed by atoms with Crippen LogP contribution in [-0.2, 0) is 4.79 Å². The third-order valence-corrected chi connectivity index (χ3v) is 1.63. The van der Waals surface area contributed by atoms with Crippen LogP contribution >= 0.6 is 0 Å². The average molecular weight is 175 g/mol. The second-order valence-electron chi connectivity index (χ2n) is 3.08. The highest BCUT2D eigenvalue weighted by Gasteiger charge is 2.07. The van der Waals surface area contributed by atoms with Crippen LogP contribution in [0.3, 0.4) is 0 Å². The van der Waals surface area contributed by atoms with Crippen molar-refractivity contribution >= 4 is 5.97 Å². The Labute approximate surface area is 72.6 Å². The van der Waals surface area contributed by atoms with Gasteiger partial charge in [-0.15, -0.1) is 0 Å². The summed E-state index contributed by atoms with van der Waals surface area (Å²) in [5.41, 5.74) is 0. The lowest BCUT2D eigenvalue weighted by molar-refractivity contribution is -0.137. The van der Waals surface area contributed by atoms with Crippen LogP contribution in [0.2, 0.25) is 0 Å². The van der Waals surface area contributed by atoms with Gasteiger partial charge in [0, 0.05) is 18.5 Å². The van der Waals surface area contributed by atoms with E-state index in [-0.39, 0.29) is 25.1 Å². The van der Waals surface area contributed by atoms with Crippen molar-refractivity contribution in [3.63, 3.8) is 0 Å². The summed E-state index contributed by atoms with van der Waals surface area (Å²) in [6.07, 6.45) is 0.770. The van der Waals surface area contributed by atoms with Gasteiger partial charge in [0.25, 0.3) is 0 Å². The molecule has 4 heteroatoms. The van der Waals surface area contributed by atoms with Crippen LogP contribution in [0.4, 0.5) is 0 Å². The normalized spacial score (nSPS) is 15.6. The molecule has 0 saturated carbocycles. The molecule has 0 bridgehead atoms. The van der Waals surface area contributed by atoms with Crippen molar-refractivity contribution in [1.29, 1.82) is 0 Å². The lowest BCUT2D eigenvalue weighted by Gasteiger charge is -2.17. The molecule has 0 aromatic rings. The Bertz CT molecular complexity index is 138. The highest BCUT2D eigenvalue weighted by Crippen LogP contribution is 1.97. The Morgan fingerprint density at radius 1 is 1.42 bits per heavy atom. The molecule has 0 heterocycles. The molecule has 0 aliphatic rings. The van der Waals surface area contributed by atoms with Crippen molar-refractivity contribution in [2.75, 3.05) is 6.61 Å². The zero-order chi connectivity index (χ0) is 9.56. The zero-order valence-corrected chi connectivity index (χ0v) is 7.58. The number of aliphatic carboxylic acids is 1. The maximum atomic E-state index is 10.2. The summed E-state index contributed by atoms with van der Waals surface area (Å²) in [5, 5.41) is 20.1. The van der Waals surface area contributed by atoms with Crippen molar-refractivity contribution in [3.8, 4) is 0 Å². The molecule has 2 unspecified atom stereocenters. The number of carboxylic acids is 1. The lowest BCUT2D eigenvalue weighted by Crippen LogP contribution is -2.36. The van der Waals surface area contributed by atoms with E-state index in [0.29, 0.717) is 6.42 Å². The van der Waals surface area contributed by atoms with E-state index in [0.717, 1.165) is 0 Å². The van der Waals surface area contributed by atoms with Crippen molar-refractivity contribution in [2.45, 2.75) is 38.8 Å². The van der Waals surface area contributed by atoms with E-state index >= 15 is 0 Å². The van der Waals surface area contributed by atoms with Gasteiger partial charge < -0.3 is 15.5 Å². The zero-order valence-electron chi connectivity index (χ0n) is 7.58. The molecule has 3 N–H and O–H groups in total. The summed E-state index contributed by atoms with van der Waals surface area (Å²) < 4.78 is 0. The number of carboxylic acid groups (broad SMARTS) is 1. The Balaban J connectivity index is 3.45. The molecule has 2 atom stereocenters. The van der Waals surface area contributed by atoms with Gasteiger partial charge in [-0.3, -0.25) is 4.79 Å². The molecule has 0 aromatic carbocycles. The first kappa shape index (κ1) is 11.4. The van der Waals surface area contributed by atoms with Crippen LogP contribution < -0.4 is 5.32 Å². The van der Waals surface area contributed by atoms with Gasteiger partial charge in [0.05, 0.1) is 6.61 Å². The van der Waals surface area contributed by atoms with Crippen molar-refractivity contribution in [2.24, 2.45) is 0 Å². The van der Waals surface area contributed by atoms with E-state index in [4.69, 9.17) is 10.2 Å². The number of aliphatic hydroxyl groups is 1. The predicted octanol–water partition coefficient (Wildman–Crippen LogP) is 0.210. The first-order valence-corrected chi connectivity index (χ1v) is 4.15. The van der Waals surface area contributed by atoms with Gasteiger partial charge in [0.1, 0.15) is 0 Å². The molecule has 12 heavy (non-hydrogen) atoms. The van der Waals surface area contributed by atoms with E-state index in [9.17, 15) is 4.79 Å². The number of rotatable bonds is 6. The summed E-state index contributed by atoms with van der Waals surface area (Å²) in [5.74, 6) is -0.777. The Kier molecular flexibility index (Phi) is 5.66. The minimum absolute atomic E-state index is 0.0359. The molecular weight excluding hydrogens is 158 g/mol. The van der Waals surface area contributed by atoms with Gasteiger partial charge in [-0.2, -0.15) is 0 Å². The maximum absolute atomic E-state index is 10.2. The van der Waals surface area contributed by atoms with E-state index in [1.165, 1.54) is 0 Å². The first-order valence-electron chi connectivity index (χ1n) is 4.15. The fourth-order valence-electron chi connectivity index (χ4n) is 0.962. The van der Waals surface area contributed by atoms with Crippen LogP contribution in [0.15, 0.2) is 0 Å². The molecule has 0 rings (SSSR count). The molecule has 0 spiro atoms. The van der Waals surface area contributed by atoms with Gasteiger partial charge in [0.15, 0.2) is 0 Å². The van der Waals surface area contributed by atoms with Crippen LogP contribution in [-0.4, -0.2) is 34.9 Å². The Morgan fingerprint density at radius 2 is 2.00 bits per heavy atom. The molecule has 0 aliphatic carbocycles. The number of hydrogen-bond donors (Lipinski definition) is 3. The largest absolute Gasteiger partial charge is 0.481 e. The molecule has 0 aromatic heterocycles. The van der Waals surface area contributed by atoms with Gasteiger partial charge in [-0.05, 0) is 20.3 Å². The second kappa shape index (κ2) is 5.97. The quantitative estimate of drug-likeness (QED) is 0.539. The second-order valence-corrected chi connectivity index (χ2v) is 3.08. The van der Waals surface area contributed by atoms with Gasteiger partial charge in [0.2, 0.25) is 0 Å². The molecule has 0 saturated heterocycles. The molecule has 0 radical (unpaired) electrons. The van der Waals surface area contributed by atoms with E-state index < -0.39 is 5.97 Å². The van der Waals surface area contributed by atoms with Crippen molar-refractivity contribution < 1.29 is 15.0 Å². The molecular formula is C8H17NO3. The van der Waals surface area contributed by atoms with E-state index in [1.54, 1.807) is 0 Å². The fraction of sp³-hybridized carbons (Fsp3) is 0.875. The maximum Gasteiger partial charge on any atom is 0.303 e.